The average Bonchev–Trinajstić information content (AvgIpc) is 2.77. The molecule has 1 aliphatic heterocycles. The lowest BCUT2D eigenvalue weighted by Gasteiger charge is -2.28. The largest absolute Gasteiger partial charge is 0.493 e. The van der Waals surface area contributed by atoms with Crippen molar-refractivity contribution in [2.45, 2.75) is 50.6 Å². The maximum absolute atomic E-state index is 13.4. The monoisotopic (exact) mass is 350 g/mol. The molecule has 1 atom stereocenters. The molecular formula is C18H23FN2O4. The first-order chi connectivity index (χ1) is 12.0. The van der Waals surface area contributed by atoms with Crippen molar-refractivity contribution in [1.82, 2.24) is 10.6 Å². The van der Waals surface area contributed by atoms with Crippen LogP contribution in [0.1, 0.15) is 50.1 Å². The molecule has 1 heterocycles. The molecule has 3 rings (SSSR count). The van der Waals surface area contributed by atoms with Crippen LogP contribution in [0, 0.1) is 11.7 Å². The van der Waals surface area contributed by atoms with Crippen molar-refractivity contribution in [2.75, 3.05) is 6.61 Å². The molecule has 0 aromatic heterocycles. The lowest BCUT2D eigenvalue weighted by Crippen LogP contribution is -2.45. The van der Waals surface area contributed by atoms with Crippen molar-refractivity contribution in [3.63, 3.8) is 0 Å². The van der Waals surface area contributed by atoms with Gasteiger partial charge in [0, 0.05) is 17.7 Å². The van der Waals surface area contributed by atoms with Gasteiger partial charge in [-0.1, -0.05) is 6.07 Å². The Morgan fingerprint density at radius 3 is 2.60 bits per heavy atom. The summed E-state index contributed by atoms with van der Waals surface area (Å²) >= 11 is 0. The summed E-state index contributed by atoms with van der Waals surface area (Å²) in [5.74, 6) is -0.948. The molecule has 0 saturated heterocycles. The number of ether oxygens (including phenoxy) is 1. The predicted molar refractivity (Wildman–Crippen MR) is 88.9 cm³/mol. The van der Waals surface area contributed by atoms with E-state index in [2.05, 4.69) is 10.6 Å². The van der Waals surface area contributed by atoms with Crippen LogP contribution >= 0.6 is 0 Å². The van der Waals surface area contributed by atoms with E-state index in [1.807, 2.05) is 0 Å². The number of fused-ring (bicyclic) bond motifs is 1. The lowest BCUT2D eigenvalue weighted by molar-refractivity contribution is -0.142. The number of rotatable bonds is 3. The van der Waals surface area contributed by atoms with E-state index >= 15 is 0 Å². The molecule has 25 heavy (non-hydrogen) atoms. The van der Waals surface area contributed by atoms with Crippen LogP contribution in [-0.4, -0.2) is 29.8 Å². The quantitative estimate of drug-likeness (QED) is 0.782. The van der Waals surface area contributed by atoms with Crippen molar-refractivity contribution in [1.29, 1.82) is 0 Å². The number of carboxylic acid groups (broad SMARTS) is 1. The summed E-state index contributed by atoms with van der Waals surface area (Å²) < 4.78 is 19.0. The fraction of sp³-hybridized carbons (Fsp3) is 0.556. The molecule has 1 saturated carbocycles. The highest BCUT2D eigenvalue weighted by molar-refractivity contribution is 5.75. The number of nitrogens with one attached hydrogen (secondary N) is 2. The van der Waals surface area contributed by atoms with Crippen LogP contribution in [0.2, 0.25) is 0 Å². The first-order valence-corrected chi connectivity index (χ1v) is 8.75. The van der Waals surface area contributed by atoms with E-state index in [1.165, 1.54) is 12.1 Å². The second-order valence-corrected chi connectivity index (χ2v) is 6.73. The van der Waals surface area contributed by atoms with Crippen LogP contribution in [-0.2, 0) is 4.79 Å². The Kier molecular flexibility index (Phi) is 5.40. The summed E-state index contributed by atoms with van der Waals surface area (Å²) in [7, 11) is 0. The van der Waals surface area contributed by atoms with Crippen LogP contribution in [0.5, 0.6) is 5.75 Å². The normalized spacial score (nSPS) is 25.9. The second kappa shape index (κ2) is 7.72. The number of hydrogen-bond acceptors (Lipinski definition) is 3. The van der Waals surface area contributed by atoms with Gasteiger partial charge in [-0.2, -0.15) is 0 Å². The van der Waals surface area contributed by atoms with E-state index < -0.39 is 5.97 Å². The summed E-state index contributed by atoms with van der Waals surface area (Å²) in [4.78, 5) is 23.3. The van der Waals surface area contributed by atoms with Crippen LogP contribution < -0.4 is 15.4 Å². The number of carboxylic acids is 1. The summed E-state index contributed by atoms with van der Waals surface area (Å²) in [5.41, 5.74) is 0.781. The minimum absolute atomic E-state index is 0.00897. The van der Waals surface area contributed by atoms with Crippen LogP contribution in [0.15, 0.2) is 18.2 Å². The van der Waals surface area contributed by atoms with Gasteiger partial charge in [0.25, 0.3) is 0 Å². The van der Waals surface area contributed by atoms with Gasteiger partial charge in [-0.05, 0) is 44.6 Å². The van der Waals surface area contributed by atoms with Gasteiger partial charge in [-0.3, -0.25) is 4.79 Å². The second-order valence-electron chi connectivity index (χ2n) is 6.73. The summed E-state index contributed by atoms with van der Waals surface area (Å²) in [5, 5.41) is 14.9. The molecule has 1 aliphatic carbocycles. The molecule has 0 bridgehead atoms. The van der Waals surface area contributed by atoms with Gasteiger partial charge in [-0.25, -0.2) is 9.18 Å². The van der Waals surface area contributed by atoms with Gasteiger partial charge in [0.1, 0.15) is 11.6 Å². The molecule has 7 heteroatoms. The Balaban J connectivity index is 1.57. The zero-order valence-electron chi connectivity index (χ0n) is 14.0. The van der Waals surface area contributed by atoms with Crippen LogP contribution in [0.3, 0.4) is 0 Å². The molecular weight excluding hydrogens is 327 g/mol. The number of benzene rings is 1. The third-order valence-corrected chi connectivity index (χ3v) is 4.96. The highest BCUT2D eigenvalue weighted by Gasteiger charge is 2.28. The number of halogens is 1. The summed E-state index contributed by atoms with van der Waals surface area (Å²) in [6, 6.07) is 3.85. The number of carbonyl (C=O) groups is 2. The lowest BCUT2D eigenvalue weighted by atomic mass is 9.86. The first kappa shape index (κ1) is 17.5. The van der Waals surface area contributed by atoms with Gasteiger partial charge in [0.05, 0.1) is 18.6 Å². The standard InChI is InChI=1S/C18H23FN2O4/c19-12-5-8-14-15(2-1-9-25-16(14)10-12)21-18(24)20-13-6-3-11(4-7-13)17(22)23/h5,8,10-11,13,15H,1-4,6-7,9H2,(H,22,23)(H2,20,21,24). The van der Waals surface area contributed by atoms with Crippen molar-refractivity contribution in [3.8, 4) is 5.75 Å². The minimum atomic E-state index is -0.759. The molecule has 6 nitrogen and oxygen atoms in total. The molecule has 0 radical (unpaired) electrons. The third-order valence-electron chi connectivity index (χ3n) is 4.96. The Morgan fingerprint density at radius 1 is 1.12 bits per heavy atom. The number of aliphatic carboxylic acids is 1. The molecule has 0 spiro atoms. The number of hydrogen-bond donors (Lipinski definition) is 3. The Labute approximate surface area is 145 Å². The van der Waals surface area contributed by atoms with Crippen molar-refractivity contribution in [3.05, 3.63) is 29.6 Å². The Bertz CT molecular complexity index is 644. The Hall–Kier alpha value is -2.31. The average molecular weight is 350 g/mol. The Morgan fingerprint density at radius 2 is 1.88 bits per heavy atom. The molecule has 1 aromatic carbocycles. The number of amides is 2. The van der Waals surface area contributed by atoms with Crippen LogP contribution in [0.4, 0.5) is 9.18 Å². The van der Waals surface area contributed by atoms with E-state index in [0.717, 1.165) is 18.4 Å². The summed E-state index contributed by atoms with van der Waals surface area (Å²) in [6.45, 7) is 0.495. The zero-order valence-corrected chi connectivity index (χ0v) is 14.0. The van der Waals surface area contributed by atoms with E-state index in [0.29, 0.717) is 38.0 Å². The fourth-order valence-electron chi connectivity index (χ4n) is 3.57. The highest BCUT2D eigenvalue weighted by Crippen LogP contribution is 2.32. The molecule has 136 valence electrons. The van der Waals surface area contributed by atoms with Gasteiger partial charge >= 0.3 is 12.0 Å². The smallest absolute Gasteiger partial charge is 0.315 e. The minimum Gasteiger partial charge on any atom is -0.493 e. The predicted octanol–water partition coefficient (Wildman–Crippen LogP) is 2.98. The number of carbonyl (C=O) groups excluding carboxylic acids is 1. The van der Waals surface area contributed by atoms with Crippen molar-refractivity contribution < 1.29 is 23.8 Å². The van der Waals surface area contributed by atoms with Gasteiger partial charge in [0.15, 0.2) is 0 Å². The van der Waals surface area contributed by atoms with Crippen molar-refractivity contribution in [2.24, 2.45) is 5.92 Å². The fourth-order valence-corrected chi connectivity index (χ4v) is 3.57. The maximum Gasteiger partial charge on any atom is 0.315 e. The highest BCUT2D eigenvalue weighted by atomic mass is 19.1. The van der Waals surface area contributed by atoms with Gasteiger partial charge < -0.3 is 20.5 Å². The first-order valence-electron chi connectivity index (χ1n) is 8.75. The van der Waals surface area contributed by atoms with E-state index in [-0.39, 0.29) is 29.8 Å². The molecule has 1 fully saturated rings. The van der Waals surface area contributed by atoms with E-state index in [4.69, 9.17) is 9.84 Å². The van der Waals surface area contributed by atoms with E-state index in [9.17, 15) is 14.0 Å². The number of urea groups is 1. The van der Waals surface area contributed by atoms with Crippen molar-refractivity contribution >= 4 is 12.0 Å². The SMILES string of the molecule is O=C(NC1CCC(C(=O)O)CC1)NC1CCCOc2cc(F)ccc21. The molecule has 1 unspecified atom stereocenters. The molecule has 2 amide bonds. The zero-order chi connectivity index (χ0) is 17.8. The van der Waals surface area contributed by atoms with E-state index in [1.54, 1.807) is 6.07 Å². The molecule has 2 aliphatic rings. The molecule has 1 aromatic rings. The third kappa shape index (κ3) is 4.41. The van der Waals surface area contributed by atoms with Gasteiger partial charge in [-0.15, -0.1) is 0 Å². The van der Waals surface area contributed by atoms with Crippen LogP contribution in [0.25, 0.3) is 0 Å². The maximum atomic E-state index is 13.4. The summed E-state index contributed by atoms with van der Waals surface area (Å²) in [6.07, 6.45) is 3.99. The van der Waals surface area contributed by atoms with Gasteiger partial charge in [0.2, 0.25) is 0 Å². The topological polar surface area (TPSA) is 87.7 Å². The molecule has 3 N–H and O–H groups in total.